The van der Waals surface area contributed by atoms with Gasteiger partial charge < -0.3 is 10.6 Å². The topological polar surface area (TPSA) is 71.8 Å². The maximum atomic E-state index is 12.4. The molecule has 0 bridgehead atoms. The Morgan fingerprint density at radius 3 is 2.55 bits per heavy atom. The van der Waals surface area contributed by atoms with Gasteiger partial charge in [0.05, 0.1) is 12.2 Å². The maximum absolute atomic E-state index is 12.4. The van der Waals surface area contributed by atoms with Crippen molar-refractivity contribution in [3.05, 3.63) is 11.9 Å². The van der Waals surface area contributed by atoms with Crippen molar-refractivity contribution in [2.45, 2.75) is 65.5 Å². The van der Waals surface area contributed by atoms with Crippen molar-refractivity contribution in [1.29, 1.82) is 0 Å². The summed E-state index contributed by atoms with van der Waals surface area (Å²) < 4.78 is 1.84. The van der Waals surface area contributed by atoms with Crippen LogP contribution in [0.3, 0.4) is 0 Å². The number of nitrogens with zero attached hydrogens (tertiary/aromatic N) is 3. The lowest BCUT2D eigenvalue weighted by Gasteiger charge is -2.33. The standard InChI is InChI=1S/C16H29N5O/c1-15(2,3)11-16(4,5)18-14(22)13-10-21(20-19-13)12-6-8-17-9-7-12/h10,12,17H,6-9,11H2,1-5H3,(H,18,22). The summed E-state index contributed by atoms with van der Waals surface area (Å²) in [6, 6.07) is 0.345. The lowest BCUT2D eigenvalue weighted by molar-refractivity contribution is 0.0886. The van der Waals surface area contributed by atoms with E-state index in [0.29, 0.717) is 11.7 Å². The molecule has 6 nitrogen and oxygen atoms in total. The predicted molar refractivity (Wildman–Crippen MR) is 86.8 cm³/mol. The molecule has 22 heavy (non-hydrogen) atoms. The average molecular weight is 307 g/mol. The van der Waals surface area contributed by atoms with Gasteiger partial charge in [0.25, 0.3) is 5.91 Å². The normalized spacial score (nSPS) is 17.5. The van der Waals surface area contributed by atoms with Gasteiger partial charge in [0.2, 0.25) is 0 Å². The summed E-state index contributed by atoms with van der Waals surface area (Å²) >= 11 is 0. The van der Waals surface area contributed by atoms with Crippen LogP contribution in [0.4, 0.5) is 0 Å². The van der Waals surface area contributed by atoms with Crippen LogP contribution in [0.25, 0.3) is 0 Å². The molecule has 6 heteroatoms. The zero-order chi connectivity index (χ0) is 16.4. The van der Waals surface area contributed by atoms with Crippen LogP contribution >= 0.6 is 0 Å². The monoisotopic (exact) mass is 307 g/mol. The minimum Gasteiger partial charge on any atom is -0.346 e. The van der Waals surface area contributed by atoms with E-state index < -0.39 is 0 Å². The van der Waals surface area contributed by atoms with Gasteiger partial charge in [0, 0.05) is 5.54 Å². The van der Waals surface area contributed by atoms with E-state index in [0.717, 1.165) is 32.4 Å². The highest BCUT2D eigenvalue weighted by Gasteiger charge is 2.28. The second-order valence-corrected chi connectivity index (χ2v) is 8.14. The minimum absolute atomic E-state index is 0.144. The Morgan fingerprint density at radius 2 is 1.95 bits per heavy atom. The second kappa shape index (κ2) is 6.36. The van der Waals surface area contributed by atoms with Crippen LogP contribution in [-0.4, -0.2) is 39.5 Å². The molecule has 2 heterocycles. The van der Waals surface area contributed by atoms with Crippen molar-refractivity contribution in [3.63, 3.8) is 0 Å². The Labute approximate surface area is 133 Å². The molecule has 0 saturated carbocycles. The van der Waals surface area contributed by atoms with Crippen LogP contribution in [0.5, 0.6) is 0 Å². The quantitative estimate of drug-likeness (QED) is 0.894. The number of amides is 1. The summed E-state index contributed by atoms with van der Waals surface area (Å²) in [5, 5.41) is 14.6. The molecule has 2 N–H and O–H groups in total. The van der Waals surface area contributed by atoms with Gasteiger partial charge in [0.1, 0.15) is 0 Å². The Hall–Kier alpha value is -1.43. The molecule has 1 amide bonds. The molecule has 1 aliphatic heterocycles. The number of hydrogen-bond donors (Lipinski definition) is 2. The molecule has 1 fully saturated rings. The first-order valence-electron chi connectivity index (χ1n) is 8.11. The van der Waals surface area contributed by atoms with Crippen molar-refractivity contribution in [1.82, 2.24) is 25.6 Å². The van der Waals surface area contributed by atoms with Gasteiger partial charge in [-0.3, -0.25) is 4.79 Å². The van der Waals surface area contributed by atoms with Crippen molar-refractivity contribution in [2.75, 3.05) is 13.1 Å². The third kappa shape index (κ3) is 4.80. The molecule has 1 aromatic rings. The molecule has 0 radical (unpaired) electrons. The lowest BCUT2D eigenvalue weighted by Crippen LogP contribution is -2.45. The van der Waals surface area contributed by atoms with Crippen molar-refractivity contribution < 1.29 is 4.79 Å². The van der Waals surface area contributed by atoms with Gasteiger partial charge in [-0.15, -0.1) is 5.10 Å². The summed E-state index contributed by atoms with van der Waals surface area (Å²) in [7, 11) is 0. The van der Waals surface area contributed by atoms with Gasteiger partial charge in [0.15, 0.2) is 5.69 Å². The Morgan fingerprint density at radius 1 is 1.32 bits per heavy atom. The van der Waals surface area contributed by atoms with Crippen LogP contribution in [-0.2, 0) is 0 Å². The molecule has 0 unspecified atom stereocenters. The zero-order valence-corrected chi connectivity index (χ0v) is 14.4. The number of rotatable bonds is 4. The summed E-state index contributed by atoms with van der Waals surface area (Å²) in [6.07, 6.45) is 4.73. The highest BCUT2D eigenvalue weighted by Crippen LogP contribution is 2.27. The fraction of sp³-hybridized carbons (Fsp3) is 0.812. The van der Waals surface area contributed by atoms with Gasteiger partial charge in [-0.1, -0.05) is 26.0 Å². The molecule has 0 aromatic carbocycles. The van der Waals surface area contributed by atoms with Gasteiger partial charge >= 0.3 is 0 Å². The first-order valence-corrected chi connectivity index (χ1v) is 8.11. The molecule has 1 saturated heterocycles. The van der Waals surface area contributed by atoms with E-state index in [1.807, 2.05) is 18.5 Å². The number of aromatic nitrogens is 3. The summed E-state index contributed by atoms with van der Waals surface area (Å²) in [4.78, 5) is 12.4. The lowest BCUT2D eigenvalue weighted by atomic mass is 9.82. The number of piperidine rings is 1. The van der Waals surface area contributed by atoms with Crippen LogP contribution in [0.1, 0.15) is 70.4 Å². The SMILES string of the molecule is CC(C)(C)CC(C)(C)NC(=O)c1cn(C2CCNCC2)nn1. The molecule has 2 rings (SSSR count). The van der Waals surface area contributed by atoms with E-state index in [2.05, 4.69) is 41.7 Å². The highest BCUT2D eigenvalue weighted by atomic mass is 16.2. The number of carbonyl (C=O) groups excluding carboxylic acids is 1. The molecule has 0 spiro atoms. The average Bonchev–Trinajstić information content (AvgIpc) is 2.85. The van der Waals surface area contributed by atoms with Gasteiger partial charge in [-0.25, -0.2) is 4.68 Å². The highest BCUT2D eigenvalue weighted by molar-refractivity contribution is 5.92. The third-order valence-electron chi connectivity index (χ3n) is 3.85. The predicted octanol–water partition coefficient (Wildman–Crippen LogP) is 2.15. The maximum Gasteiger partial charge on any atom is 0.273 e. The Bertz CT molecular complexity index is 509. The number of hydrogen-bond acceptors (Lipinski definition) is 4. The summed E-state index contributed by atoms with van der Waals surface area (Å²) in [5.74, 6) is -0.144. The molecular weight excluding hydrogens is 278 g/mol. The van der Waals surface area contributed by atoms with E-state index in [4.69, 9.17) is 0 Å². The number of nitrogens with one attached hydrogen (secondary N) is 2. The van der Waals surface area contributed by atoms with Crippen LogP contribution < -0.4 is 10.6 Å². The van der Waals surface area contributed by atoms with E-state index in [-0.39, 0.29) is 16.9 Å². The molecular formula is C16H29N5O. The van der Waals surface area contributed by atoms with Crippen LogP contribution in [0.2, 0.25) is 0 Å². The van der Waals surface area contributed by atoms with Crippen LogP contribution in [0.15, 0.2) is 6.20 Å². The zero-order valence-electron chi connectivity index (χ0n) is 14.4. The third-order valence-corrected chi connectivity index (χ3v) is 3.85. The summed E-state index contributed by atoms with van der Waals surface area (Å²) in [5.41, 5.74) is 0.290. The molecule has 124 valence electrons. The second-order valence-electron chi connectivity index (χ2n) is 8.14. The smallest absolute Gasteiger partial charge is 0.273 e. The first-order chi connectivity index (χ1) is 10.2. The van der Waals surface area contributed by atoms with Crippen LogP contribution in [0, 0.1) is 5.41 Å². The molecule has 1 aromatic heterocycles. The van der Waals surface area contributed by atoms with E-state index in [1.54, 1.807) is 6.20 Å². The largest absolute Gasteiger partial charge is 0.346 e. The molecule has 0 atom stereocenters. The fourth-order valence-corrected chi connectivity index (χ4v) is 3.37. The molecule has 0 aliphatic carbocycles. The van der Waals surface area contributed by atoms with E-state index in [9.17, 15) is 4.79 Å². The molecule has 1 aliphatic rings. The van der Waals surface area contributed by atoms with Crippen molar-refractivity contribution in [2.24, 2.45) is 5.41 Å². The first kappa shape index (κ1) is 16.9. The van der Waals surface area contributed by atoms with E-state index >= 15 is 0 Å². The summed E-state index contributed by atoms with van der Waals surface area (Å²) in [6.45, 7) is 12.6. The van der Waals surface area contributed by atoms with Gasteiger partial charge in [-0.05, 0) is 51.6 Å². The van der Waals surface area contributed by atoms with Crippen molar-refractivity contribution in [3.8, 4) is 0 Å². The fourth-order valence-electron chi connectivity index (χ4n) is 3.37. The minimum atomic E-state index is -0.270. The van der Waals surface area contributed by atoms with E-state index in [1.165, 1.54) is 0 Å². The number of carbonyl (C=O) groups is 1. The Balaban J connectivity index is 1.99. The van der Waals surface area contributed by atoms with Gasteiger partial charge in [-0.2, -0.15) is 0 Å². The van der Waals surface area contributed by atoms with Crippen molar-refractivity contribution >= 4 is 5.91 Å². The Kier molecular flexibility index (Phi) is 4.90.